The Balaban J connectivity index is 1.27. The molecule has 1 N–H and O–H groups in total. The molecule has 1 aromatic carbocycles. The molecule has 2 amide bonds. The summed E-state index contributed by atoms with van der Waals surface area (Å²) in [7, 11) is 0. The number of ether oxygens (including phenoxy) is 1. The van der Waals surface area contributed by atoms with Crippen molar-refractivity contribution >= 4 is 11.8 Å². The molecule has 2 aliphatic carbocycles. The Hall–Kier alpha value is -2.04. The maximum Gasteiger partial charge on any atom is 0.260 e. The number of carbonyl (C=O) groups is 2. The van der Waals surface area contributed by atoms with Crippen LogP contribution in [-0.4, -0.2) is 41.4 Å². The third kappa shape index (κ3) is 4.50. The van der Waals surface area contributed by atoms with Crippen LogP contribution in [0.1, 0.15) is 76.1 Å². The topological polar surface area (TPSA) is 58.6 Å². The largest absolute Gasteiger partial charge is 0.484 e. The van der Waals surface area contributed by atoms with Crippen LogP contribution in [0.4, 0.5) is 0 Å². The van der Waals surface area contributed by atoms with Crippen LogP contribution < -0.4 is 10.1 Å². The van der Waals surface area contributed by atoms with Crippen molar-refractivity contribution in [3.8, 4) is 5.75 Å². The number of rotatable bonds is 6. The van der Waals surface area contributed by atoms with Gasteiger partial charge in [-0.3, -0.25) is 9.59 Å². The van der Waals surface area contributed by atoms with Gasteiger partial charge in [0.25, 0.3) is 11.8 Å². The summed E-state index contributed by atoms with van der Waals surface area (Å²) in [6.07, 6.45) is 8.61. The molecule has 2 saturated carbocycles. The molecule has 4 rings (SSSR count). The second-order valence-electron chi connectivity index (χ2n) is 9.84. The fourth-order valence-electron chi connectivity index (χ4n) is 6.14. The summed E-state index contributed by atoms with van der Waals surface area (Å²) < 4.78 is 5.73. The maximum absolute atomic E-state index is 12.7. The number of carbonyl (C=O) groups excluding carboxylic acids is 2. The zero-order valence-electron chi connectivity index (χ0n) is 18.6. The summed E-state index contributed by atoms with van der Waals surface area (Å²) in [4.78, 5) is 27.2. The quantitative estimate of drug-likeness (QED) is 0.753. The van der Waals surface area contributed by atoms with Gasteiger partial charge in [-0.1, -0.05) is 6.42 Å². The molecule has 30 heavy (non-hydrogen) atoms. The third-order valence-electron chi connectivity index (χ3n) is 7.75. The molecular weight excluding hydrogens is 376 g/mol. The van der Waals surface area contributed by atoms with Crippen molar-refractivity contribution in [2.24, 2.45) is 17.8 Å². The summed E-state index contributed by atoms with van der Waals surface area (Å²) in [5.41, 5.74) is 0.641. The van der Waals surface area contributed by atoms with Crippen molar-refractivity contribution in [2.45, 2.75) is 83.8 Å². The fraction of sp³-hybridized carbons (Fsp3) is 0.680. The Morgan fingerprint density at radius 2 is 1.77 bits per heavy atom. The molecule has 1 saturated heterocycles. The van der Waals surface area contributed by atoms with Gasteiger partial charge < -0.3 is 15.0 Å². The third-order valence-corrected chi connectivity index (χ3v) is 7.75. The van der Waals surface area contributed by atoms with Crippen LogP contribution in [0.5, 0.6) is 5.75 Å². The lowest BCUT2D eigenvalue weighted by molar-refractivity contribution is -0.139. The fourth-order valence-corrected chi connectivity index (χ4v) is 6.14. The van der Waals surface area contributed by atoms with E-state index < -0.39 is 0 Å². The number of amides is 2. The molecule has 5 nitrogen and oxygen atoms in total. The minimum Gasteiger partial charge on any atom is -0.484 e. The molecule has 3 fully saturated rings. The van der Waals surface area contributed by atoms with Gasteiger partial charge in [-0.2, -0.15) is 0 Å². The van der Waals surface area contributed by atoms with Crippen LogP contribution in [-0.2, 0) is 4.79 Å². The van der Waals surface area contributed by atoms with E-state index in [1.165, 1.54) is 32.1 Å². The molecule has 2 bridgehead atoms. The summed E-state index contributed by atoms with van der Waals surface area (Å²) in [6.45, 7) is 6.41. The summed E-state index contributed by atoms with van der Waals surface area (Å²) in [5, 5.41) is 3.20. The van der Waals surface area contributed by atoms with Crippen LogP contribution in [0.15, 0.2) is 24.3 Å². The Labute approximate surface area is 180 Å². The number of benzene rings is 1. The van der Waals surface area contributed by atoms with Gasteiger partial charge >= 0.3 is 0 Å². The highest BCUT2D eigenvalue weighted by molar-refractivity contribution is 5.94. The number of hydrogen-bond acceptors (Lipinski definition) is 3. The highest BCUT2D eigenvalue weighted by Gasteiger charge is 2.42. The van der Waals surface area contributed by atoms with E-state index in [1.54, 1.807) is 24.3 Å². The van der Waals surface area contributed by atoms with Crippen molar-refractivity contribution in [2.75, 3.05) is 6.61 Å². The van der Waals surface area contributed by atoms with E-state index >= 15 is 0 Å². The van der Waals surface area contributed by atoms with Crippen LogP contribution in [0.3, 0.4) is 0 Å². The number of nitrogens with one attached hydrogen (secondary N) is 1. The summed E-state index contributed by atoms with van der Waals surface area (Å²) in [5.74, 6) is 2.94. The summed E-state index contributed by atoms with van der Waals surface area (Å²) in [6, 6.07) is 7.90. The van der Waals surface area contributed by atoms with Crippen LogP contribution in [0, 0.1) is 17.8 Å². The van der Waals surface area contributed by atoms with E-state index in [9.17, 15) is 9.59 Å². The summed E-state index contributed by atoms with van der Waals surface area (Å²) >= 11 is 0. The Kier molecular flexibility index (Phi) is 6.35. The maximum atomic E-state index is 12.7. The molecule has 1 aromatic rings. The molecule has 5 heteroatoms. The predicted molar refractivity (Wildman–Crippen MR) is 117 cm³/mol. The molecule has 164 valence electrons. The van der Waals surface area contributed by atoms with Crippen LogP contribution in [0.25, 0.3) is 0 Å². The first-order valence-corrected chi connectivity index (χ1v) is 11.8. The molecule has 6 unspecified atom stereocenters. The number of hydrogen-bond donors (Lipinski definition) is 1. The molecule has 1 heterocycles. The molecule has 0 radical (unpaired) electrons. The zero-order chi connectivity index (χ0) is 21.3. The lowest BCUT2D eigenvalue weighted by Crippen LogP contribution is -2.49. The number of nitrogens with zero attached hydrogens (tertiary/aromatic N) is 1. The number of likely N-dealkylation sites (tertiary alicyclic amines) is 1. The SMILES string of the molecule is CC(NC(=O)c1ccc(OCC(=O)N2C(C)CCCC2C)cc1)C1CC2CCC1C2. The zero-order valence-corrected chi connectivity index (χ0v) is 18.6. The Bertz CT molecular complexity index is 752. The molecule has 1 aliphatic heterocycles. The van der Waals surface area contributed by atoms with E-state index in [2.05, 4.69) is 26.1 Å². The first-order valence-electron chi connectivity index (χ1n) is 11.8. The van der Waals surface area contributed by atoms with Gasteiger partial charge in [-0.25, -0.2) is 0 Å². The predicted octanol–water partition coefficient (Wildman–Crippen LogP) is 4.41. The minimum absolute atomic E-state index is 0.0242. The second-order valence-corrected chi connectivity index (χ2v) is 9.84. The normalized spacial score (nSPS) is 31.4. The average molecular weight is 413 g/mol. The van der Waals surface area contributed by atoms with Crippen LogP contribution >= 0.6 is 0 Å². The monoisotopic (exact) mass is 412 g/mol. The average Bonchev–Trinajstić information content (AvgIpc) is 3.36. The van der Waals surface area contributed by atoms with Crippen molar-refractivity contribution < 1.29 is 14.3 Å². The first-order chi connectivity index (χ1) is 14.4. The highest BCUT2D eigenvalue weighted by atomic mass is 16.5. The molecular formula is C25H36N2O3. The molecule has 3 aliphatic rings. The van der Waals surface area contributed by atoms with Gasteiger partial charge in [-0.05, 0) is 101 Å². The Morgan fingerprint density at radius 1 is 1.07 bits per heavy atom. The van der Waals surface area contributed by atoms with E-state index in [0.29, 0.717) is 17.2 Å². The Morgan fingerprint density at radius 3 is 2.37 bits per heavy atom. The standard InChI is InChI=1S/C25H36N2O3/c1-16-5-4-6-17(2)27(16)24(28)15-30-22-11-9-20(10-12-22)25(29)26-18(3)23-14-19-7-8-21(23)13-19/h9-12,16-19,21,23H,4-8,13-15H2,1-3H3,(H,26,29). The van der Waals surface area contributed by atoms with Gasteiger partial charge in [-0.15, -0.1) is 0 Å². The van der Waals surface area contributed by atoms with Crippen molar-refractivity contribution in [3.63, 3.8) is 0 Å². The lowest BCUT2D eigenvalue weighted by Gasteiger charge is -2.38. The number of fused-ring (bicyclic) bond motifs is 2. The molecule has 6 atom stereocenters. The van der Waals surface area contributed by atoms with E-state index in [1.807, 2.05) is 4.90 Å². The van der Waals surface area contributed by atoms with Gasteiger partial charge in [0.05, 0.1) is 0 Å². The van der Waals surface area contributed by atoms with Gasteiger partial charge in [0.2, 0.25) is 0 Å². The first kappa shape index (κ1) is 21.2. The second kappa shape index (κ2) is 8.99. The highest BCUT2D eigenvalue weighted by Crippen LogP contribution is 2.49. The van der Waals surface area contributed by atoms with Crippen molar-refractivity contribution in [3.05, 3.63) is 29.8 Å². The van der Waals surface area contributed by atoms with E-state index in [-0.39, 0.29) is 36.5 Å². The van der Waals surface area contributed by atoms with Gasteiger partial charge in [0.15, 0.2) is 6.61 Å². The van der Waals surface area contributed by atoms with Gasteiger partial charge in [0, 0.05) is 23.7 Å². The lowest BCUT2D eigenvalue weighted by atomic mass is 9.84. The molecule has 0 aromatic heterocycles. The van der Waals surface area contributed by atoms with E-state index in [0.717, 1.165) is 24.7 Å². The van der Waals surface area contributed by atoms with E-state index in [4.69, 9.17) is 4.74 Å². The smallest absolute Gasteiger partial charge is 0.260 e. The minimum atomic E-state index is -0.0242. The van der Waals surface area contributed by atoms with Gasteiger partial charge in [0.1, 0.15) is 5.75 Å². The van der Waals surface area contributed by atoms with Crippen LogP contribution in [0.2, 0.25) is 0 Å². The van der Waals surface area contributed by atoms with Crippen molar-refractivity contribution in [1.29, 1.82) is 0 Å². The molecule has 0 spiro atoms. The van der Waals surface area contributed by atoms with Crippen molar-refractivity contribution in [1.82, 2.24) is 10.2 Å². The number of piperidine rings is 1.